The van der Waals surface area contributed by atoms with Crippen LogP contribution in [-0.4, -0.2) is 105 Å². The number of nitrogens with zero attached hydrogens (tertiary/aromatic N) is 8. The molecule has 1 unspecified atom stereocenters. The Bertz CT molecular complexity index is 3070. The van der Waals surface area contributed by atoms with Crippen molar-refractivity contribution >= 4 is 56.0 Å². The number of nitrogens with one attached hydrogen (secondary N) is 2. The van der Waals surface area contributed by atoms with E-state index in [9.17, 15) is 27.9 Å². The van der Waals surface area contributed by atoms with Crippen LogP contribution in [0.25, 0.3) is 11.3 Å². The maximum absolute atomic E-state index is 14.1. The largest absolute Gasteiger partial charge is 0.392 e. The molecule has 3 N–H and O–H groups in total. The minimum atomic E-state index is -3.36. The van der Waals surface area contributed by atoms with E-state index in [4.69, 9.17) is 4.98 Å². The molecule has 17 heteroatoms. The number of carbonyl (C=O) groups is 2. The smallest absolute Gasteiger partial charge is 0.293 e. The summed E-state index contributed by atoms with van der Waals surface area (Å²) in [6.45, 7) is 21.8. The van der Waals surface area contributed by atoms with Crippen molar-refractivity contribution in [2.45, 2.75) is 116 Å². The molecule has 2 aromatic carbocycles. The van der Waals surface area contributed by atoms with E-state index in [2.05, 4.69) is 69.2 Å². The molecular weight excluding hydrogens is 905 g/mol. The second-order valence-corrected chi connectivity index (χ2v) is 23.2. The number of fused-ring (bicyclic) bond motifs is 3. The van der Waals surface area contributed by atoms with Gasteiger partial charge in [-0.3, -0.25) is 24.2 Å². The van der Waals surface area contributed by atoms with Crippen LogP contribution in [0.4, 0.5) is 34.4 Å². The monoisotopic (exact) mass is 970 g/mol. The van der Waals surface area contributed by atoms with Crippen LogP contribution in [0.3, 0.4) is 0 Å². The molecule has 3 aliphatic heterocycles. The molecule has 3 atom stereocenters. The predicted octanol–water partition coefficient (Wildman–Crippen LogP) is 6.85. The van der Waals surface area contributed by atoms with E-state index in [1.165, 1.54) is 21.9 Å². The Hall–Kier alpha value is -6.30. The van der Waals surface area contributed by atoms with Gasteiger partial charge in [-0.2, -0.15) is 0 Å². The number of piperazine rings is 1. The number of sulfone groups is 1. The van der Waals surface area contributed by atoms with E-state index in [1.54, 1.807) is 56.4 Å². The summed E-state index contributed by atoms with van der Waals surface area (Å²) >= 11 is 0. The normalized spacial score (nSPS) is 20.4. The Morgan fingerprint density at radius 2 is 1.77 bits per heavy atom. The van der Waals surface area contributed by atoms with E-state index >= 15 is 0 Å². The molecule has 0 radical (unpaired) electrons. The molecule has 1 aliphatic carbocycles. The van der Waals surface area contributed by atoms with Crippen molar-refractivity contribution in [2.24, 2.45) is 12.5 Å². The van der Waals surface area contributed by atoms with Crippen molar-refractivity contribution in [1.82, 2.24) is 24.0 Å². The van der Waals surface area contributed by atoms with Gasteiger partial charge in [0.15, 0.2) is 15.7 Å². The number of anilines is 6. The highest BCUT2D eigenvalue weighted by atomic mass is 32.2. The summed E-state index contributed by atoms with van der Waals surface area (Å²) in [4.78, 5) is 59.4. The predicted molar refractivity (Wildman–Crippen MR) is 276 cm³/mol. The Morgan fingerprint density at radius 1 is 0.986 bits per heavy atom. The molecule has 0 saturated carbocycles. The first-order valence-electron chi connectivity index (χ1n) is 24.4. The van der Waals surface area contributed by atoms with Gasteiger partial charge in [0, 0.05) is 105 Å². The third-order valence-corrected chi connectivity index (χ3v) is 17.2. The summed E-state index contributed by atoms with van der Waals surface area (Å²) in [6.07, 6.45) is 8.23. The molecule has 370 valence electrons. The Morgan fingerprint density at radius 3 is 2.47 bits per heavy atom. The van der Waals surface area contributed by atoms with Gasteiger partial charge in [-0.05, 0) is 131 Å². The number of amides is 2. The fourth-order valence-electron chi connectivity index (χ4n) is 11.2. The van der Waals surface area contributed by atoms with Gasteiger partial charge in [-0.25, -0.2) is 18.4 Å². The topological polar surface area (TPSA) is 178 Å². The zero-order chi connectivity index (χ0) is 50.0. The highest BCUT2D eigenvalue weighted by Gasteiger charge is 2.38. The summed E-state index contributed by atoms with van der Waals surface area (Å²) in [5.74, 6) is -0.148. The lowest BCUT2D eigenvalue weighted by Crippen LogP contribution is -2.58. The summed E-state index contributed by atoms with van der Waals surface area (Å²) in [5, 5.41) is 16.6. The Kier molecular flexibility index (Phi) is 13.1. The van der Waals surface area contributed by atoms with Crippen molar-refractivity contribution in [1.29, 1.82) is 0 Å². The molecule has 2 fully saturated rings. The van der Waals surface area contributed by atoms with Crippen molar-refractivity contribution in [3.8, 4) is 11.3 Å². The van der Waals surface area contributed by atoms with Gasteiger partial charge < -0.3 is 34.7 Å². The zero-order valence-corrected chi connectivity index (χ0v) is 42.4. The Balaban J connectivity index is 0.911. The first-order valence-corrected chi connectivity index (χ1v) is 26.0. The van der Waals surface area contributed by atoms with Gasteiger partial charge >= 0.3 is 0 Å². The van der Waals surface area contributed by atoms with E-state index < -0.39 is 21.7 Å². The number of aromatic nitrogens is 4. The zero-order valence-electron chi connectivity index (χ0n) is 41.6. The molecule has 70 heavy (non-hydrogen) atoms. The number of hydrogen-bond acceptors (Lipinski definition) is 12. The fraction of sp³-hybridized carbons (Fsp3) is 0.453. The molecule has 9 rings (SSSR count). The number of benzene rings is 2. The number of aliphatic hydroxyl groups is 1. The summed E-state index contributed by atoms with van der Waals surface area (Å²) < 4.78 is 29.4. The second-order valence-electron chi connectivity index (χ2n) is 20.7. The summed E-state index contributed by atoms with van der Waals surface area (Å²) in [5.41, 5.74) is 7.95. The van der Waals surface area contributed by atoms with Crippen LogP contribution in [0.15, 0.2) is 83.3 Å². The number of aryl methyl sites for hydroxylation is 2. The maximum Gasteiger partial charge on any atom is 0.293 e. The molecule has 2 amide bonds. The van der Waals surface area contributed by atoms with Crippen LogP contribution in [0.1, 0.15) is 87.3 Å². The van der Waals surface area contributed by atoms with Crippen molar-refractivity contribution in [3.05, 3.63) is 112 Å². The minimum Gasteiger partial charge on any atom is -0.392 e. The number of aliphatic hydroxyl groups excluding tert-OH is 1. The van der Waals surface area contributed by atoms with Gasteiger partial charge in [0.05, 0.1) is 33.8 Å². The van der Waals surface area contributed by atoms with Crippen molar-refractivity contribution < 1.29 is 23.1 Å². The van der Waals surface area contributed by atoms with Gasteiger partial charge in [0.2, 0.25) is 5.91 Å². The molecule has 16 nitrogen and oxygen atoms in total. The fourth-order valence-corrected chi connectivity index (χ4v) is 12.5. The van der Waals surface area contributed by atoms with Crippen molar-refractivity contribution in [3.63, 3.8) is 0 Å². The first kappa shape index (κ1) is 48.7. The highest BCUT2D eigenvalue weighted by Crippen LogP contribution is 2.41. The third kappa shape index (κ3) is 9.03. The van der Waals surface area contributed by atoms with Crippen LogP contribution in [0.5, 0.6) is 0 Å². The summed E-state index contributed by atoms with van der Waals surface area (Å²) in [6, 6.07) is 15.8. The van der Waals surface area contributed by atoms with Crippen LogP contribution < -0.4 is 30.9 Å². The molecule has 6 heterocycles. The number of piperidine rings is 1. The van der Waals surface area contributed by atoms with Crippen LogP contribution in [0, 0.1) is 12.3 Å². The van der Waals surface area contributed by atoms with E-state index in [0.717, 1.165) is 68.8 Å². The van der Waals surface area contributed by atoms with Gasteiger partial charge in [0.25, 0.3) is 11.5 Å². The molecule has 5 aromatic rings. The van der Waals surface area contributed by atoms with E-state index in [-0.39, 0.29) is 40.7 Å². The van der Waals surface area contributed by atoms with Crippen molar-refractivity contribution in [2.75, 3.05) is 58.1 Å². The van der Waals surface area contributed by atoms with E-state index in [0.29, 0.717) is 63.7 Å². The quantitative estimate of drug-likeness (QED) is 0.111. The van der Waals surface area contributed by atoms with Crippen LogP contribution >= 0.6 is 0 Å². The first-order chi connectivity index (χ1) is 33.3. The van der Waals surface area contributed by atoms with Gasteiger partial charge in [-0.1, -0.05) is 20.4 Å². The number of rotatable bonds is 12. The Labute approximate surface area is 410 Å². The summed E-state index contributed by atoms with van der Waals surface area (Å²) in [7, 11) is -1.73. The molecule has 0 bridgehead atoms. The lowest BCUT2D eigenvalue weighted by Gasteiger charge is -2.48. The van der Waals surface area contributed by atoms with E-state index in [1.807, 2.05) is 37.3 Å². The lowest BCUT2D eigenvalue weighted by atomic mass is 9.90. The average molecular weight is 971 g/mol. The van der Waals surface area contributed by atoms with Gasteiger partial charge in [0.1, 0.15) is 11.5 Å². The second kappa shape index (κ2) is 18.8. The van der Waals surface area contributed by atoms with Gasteiger partial charge in [-0.15, -0.1) is 0 Å². The minimum absolute atomic E-state index is 0.0359. The van der Waals surface area contributed by atoms with Crippen LogP contribution in [0.2, 0.25) is 0 Å². The SMILES string of the molecule is C=CC(=O)Nc1cc(Nc2nc(-c3ccnc(N4CCn5c(cc6c5CC(C)(C)C6)C4=O)c3CO)cn(C)c2=O)ccc1N1CCN(C2CCN(c3ccc(S(=O)(=O)C(C)C)c(C)c3)[C@@H](C)C2)C[C@@H]1C. The highest BCUT2D eigenvalue weighted by molar-refractivity contribution is 7.92. The molecule has 2 saturated heterocycles. The third-order valence-electron chi connectivity index (χ3n) is 14.9. The molecule has 3 aromatic heterocycles. The van der Waals surface area contributed by atoms with Crippen LogP contribution in [-0.2, 0) is 47.7 Å². The number of pyridine rings is 1. The molecule has 0 spiro atoms. The maximum atomic E-state index is 14.1. The number of carbonyl (C=O) groups excluding carboxylic acids is 2. The standard InChI is InChI=1S/C53H66N10O6S/c1-10-48(65)56-42-26-37(11-13-44(42)61-20-19-59(29-35(61)6)38-16-18-60(34(5)24-38)39-12-14-47(33(4)23-39)70(68,69)32(2)3)55-49-52(67)58(9)30-43(57-49)40-15-17-54-50(41(40)31-64)63-22-21-62-45(51(63)66)25-36-27-53(7,8)28-46(36)62/h10-15,17,23,25-26,30,32,34-35,38,64H,1,16,18-22,24,27-29,31H2,2-9H3,(H,55,57)(H,56,65)/t34-,35-,38?/m0/s1. The molecule has 4 aliphatic rings. The average Bonchev–Trinajstić information content (AvgIpc) is 3.82. The molecular formula is C53H66N10O6S. The lowest BCUT2D eigenvalue weighted by molar-refractivity contribution is -0.111. The number of hydrogen-bond donors (Lipinski definition) is 3.